The molecule has 0 aliphatic carbocycles. The third-order valence-electron chi connectivity index (χ3n) is 9.92. The highest BCUT2D eigenvalue weighted by molar-refractivity contribution is 7.85. The van der Waals surface area contributed by atoms with E-state index in [1.165, 1.54) is 70.6 Å². The number of hydrogen-bond donors (Lipinski definition) is 4. The number of hydrogen-bond acceptors (Lipinski definition) is 11. The zero-order valence-electron chi connectivity index (χ0n) is 35.6. The maximum atomic E-state index is 12.8. The molecule has 0 amide bonds. The molecule has 1 saturated heterocycles. The maximum absolute atomic E-state index is 12.8. The molecule has 0 aromatic carbocycles. The van der Waals surface area contributed by atoms with Gasteiger partial charge in [0.25, 0.3) is 10.1 Å². The highest BCUT2D eigenvalue weighted by Crippen LogP contribution is 2.24. The van der Waals surface area contributed by atoms with Crippen LogP contribution in [0.2, 0.25) is 0 Å². The second kappa shape index (κ2) is 35.4. The van der Waals surface area contributed by atoms with Crippen molar-refractivity contribution in [3.63, 3.8) is 0 Å². The van der Waals surface area contributed by atoms with Gasteiger partial charge < -0.3 is 34.3 Å². The van der Waals surface area contributed by atoms with Crippen molar-refractivity contribution in [2.75, 3.05) is 19.0 Å². The summed E-state index contributed by atoms with van der Waals surface area (Å²) in [6.45, 7) is 3.61. The van der Waals surface area contributed by atoms with Gasteiger partial charge in [-0.3, -0.25) is 14.1 Å². The van der Waals surface area contributed by atoms with Crippen LogP contribution in [0.15, 0.2) is 48.6 Å². The quantitative estimate of drug-likeness (QED) is 0.0204. The van der Waals surface area contributed by atoms with Crippen molar-refractivity contribution in [2.45, 2.75) is 205 Å². The Hall–Kier alpha value is -2.39. The molecule has 0 aromatic heterocycles. The lowest BCUT2D eigenvalue weighted by Crippen LogP contribution is -2.60. The molecule has 0 radical (unpaired) electrons. The molecule has 4 N–H and O–H groups in total. The fourth-order valence-electron chi connectivity index (χ4n) is 6.49. The van der Waals surface area contributed by atoms with Crippen molar-refractivity contribution in [3.05, 3.63) is 48.6 Å². The molecule has 1 rings (SSSR count). The molecule has 6 atom stereocenters. The minimum absolute atomic E-state index is 0.112. The summed E-state index contributed by atoms with van der Waals surface area (Å²) in [5.41, 5.74) is 0. The molecule has 0 aromatic rings. The van der Waals surface area contributed by atoms with Crippen LogP contribution >= 0.6 is 0 Å². The molecule has 6 unspecified atom stereocenters. The summed E-state index contributed by atoms with van der Waals surface area (Å²) >= 11 is 0. The van der Waals surface area contributed by atoms with Gasteiger partial charge in [0.2, 0.25) is 0 Å². The van der Waals surface area contributed by atoms with E-state index in [0.717, 1.165) is 57.8 Å². The Kier molecular flexibility index (Phi) is 32.7. The molecular weight excluding hydrogens is 765 g/mol. The minimum atomic E-state index is -4.61. The van der Waals surface area contributed by atoms with Crippen LogP contribution < -0.4 is 0 Å². The van der Waals surface area contributed by atoms with Gasteiger partial charge in [0.15, 0.2) is 12.4 Å². The van der Waals surface area contributed by atoms with Crippen LogP contribution in [-0.4, -0.2) is 96.0 Å². The number of allylic oxidation sites excluding steroid dienone is 8. The van der Waals surface area contributed by atoms with Crippen LogP contribution in [0.3, 0.4) is 0 Å². The van der Waals surface area contributed by atoms with Crippen LogP contribution in [0.25, 0.3) is 0 Å². The fraction of sp³-hybridized carbons (Fsp3) is 0.778. The summed E-state index contributed by atoms with van der Waals surface area (Å²) in [6, 6.07) is 0. The zero-order valence-corrected chi connectivity index (χ0v) is 36.5. The number of aliphatic hydroxyl groups is 3. The van der Waals surface area contributed by atoms with E-state index in [1.54, 1.807) is 0 Å². The van der Waals surface area contributed by atoms with E-state index in [2.05, 4.69) is 62.5 Å². The number of carbonyl (C=O) groups is 2. The first-order valence-corrected chi connectivity index (χ1v) is 23.8. The van der Waals surface area contributed by atoms with E-state index in [1.807, 2.05) is 0 Å². The summed E-state index contributed by atoms with van der Waals surface area (Å²) in [5.74, 6) is -2.04. The van der Waals surface area contributed by atoms with E-state index in [-0.39, 0.29) is 19.4 Å². The summed E-state index contributed by atoms with van der Waals surface area (Å²) in [6.07, 6.45) is 31.6. The monoisotopic (exact) mass is 843 g/mol. The summed E-state index contributed by atoms with van der Waals surface area (Å²) < 4.78 is 54.0. The predicted molar refractivity (Wildman–Crippen MR) is 229 cm³/mol. The van der Waals surface area contributed by atoms with Crippen molar-refractivity contribution in [2.24, 2.45) is 0 Å². The van der Waals surface area contributed by atoms with E-state index >= 15 is 0 Å². The lowest BCUT2D eigenvalue weighted by atomic mass is 10.00. The van der Waals surface area contributed by atoms with Gasteiger partial charge in [-0.15, -0.1) is 0 Å². The molecule has 0 bridgehead atoms. The zero-order chi connectivity index (χ0) is 42.7. The fourth-order valence-corrected chi connectivity index (χ4v) is 7.18. The van der Waals surface area contributed by atoms with Crippen molar-refractivity contribution in [1.29, 1.82) is 0 Å². The van der Waals surface area contributed by atoms with E-state index in [0.29, 0.717) is 12.8 Å². The lowest BCUT2D eigenvalue weighted by molar-refractivity contribution is -0.297. The lowest BCUT2D eigenvalue weighted by Gasteiger charge is -2.40. The van der Waals surface area contributed by atoms with Crippen LogP contribution in [0.5, 0.6) is 0 Å². The Labute approximate surface area is 350 Å². The maximum Gasteiger partial charge on any atom is 0.306 e. The second-order valence-electron chi connectivity index (χ2n) is 15.3. The van der Waals surface area contributed by atoms with Crippen LogP contribution in [-0.2, 0) is 38.7 Å². The van der Waals surface area contributed by atoms with Gasteiger partial charge in [-0.1, -0.05) is 152 Å². The number of ether oxygens (including phenoxy) is 4. The van der Waals surface area contributed by atoms with Crippen molar-refractivity contribution < 1.29 is 56.8 Å². The number of esters is 2. The van der Waals surface area contributed by atoms with Crippen LogP contribution in [0, 0.1) is 0 Å². The molecule has 1 heterocycles. The molecule has 13 heteroatoms. The Morgan fingerprint density at radius 3 is 1.62 bits per heavy atom. The second-order valence-corrected chi connectivity index (χ2v) is 16.8. The topological polar surface area (TPSA) is 186 Å². The molecule has 12 nitrogen and oxygen atoms in total. The van der Waals surface area contributed by atoms with E-state index in [9.17, 15) is 37.9 Å². The number of unbranched alkanes of at least 4 members (excludes halogenated alkanes) is 16. The Morgan fingerprint density at radius 2 is 1.09 bits per heavy atom. The van der Waals surface area contributed by atoms with Gasteiger partial charge in [-0.2, -0.15) is 8.42 Å². The standard InChI is InChI=1S/C45H78O12S/c1-3-5-7-9-11-13-15-17-19-21-23-25-27-29-31-33-40(46)54-35-38(36-55-45-44(50)43(49)42(48)39(57-45)37-58(51,52)53)56-41(47)34-32-30-28-26-24-22-20-18-16-14-12-10-8-6-4-2/h6,8,12,14,18,20,24,26,38-39,42-45,48-50H,3-5,7,9-11,13,15-17,19,21-23,25,27-37H2,1-2H3,(H,51,52,53)/b8-6-,14-12-,20-18-,26-24-. The van der Waals surface area contributed by atoms with E-state index in [4.69, 9.17) is 18.9 Å². The Morgan fingerprint density at radius 1 is 0.603 bits per heavy atom. The van der Waals surface area contributed by atoms with Gasteiger partial charge >= 0.3 is 11.9 Å². The van der Waals surface area contributed by atoms with E-state index < -0.39 is 71.2 Å². The molecule has 1 aliphatic heterocycles. The Bertz CT molecular complexity index is 1260. The first-order valence-electron chi connectivity index (χ1n) is 22.2. The average molecular weight is 843 g/mol. The number of aliphatic hydroxyl groups excluding tert-OH is 3. The first kappa shape index (κ1) is 53.6. The summed E-state index contributed by atoms with van der Waals surface area (Å²) in [5, 5.41) is 30.8. The van der Waals surface area contributed by atoms with Gasteiger partial charge in [0, 0.05) is 12.8 Å². The molecule has 1 fully saturated rings. The average Bonchev–Trinajstić information content (AvgIpc) is 3.18. The summed E-state index contributed by atoms with van der Waals surface area (Å²) in [7, 11) is -4.61. The van der Waals surface area contributed by atoms with Gasteiger partial charge in [-0.25, -0.2) is 0 Å². The minimum Gasteiger partial charge on any atom is -0.462 e. The first-order chi connectivity index (χ1) is 28.0. The molecule has 0 spiro atoms. The van der Waals surface area contributed by atoms with Gasteiger partial charge in [-0.05, 0) is 51.4 Å². The molecule has 0 saturated carbocycles. The third kappa shape index (κ3) is 29.8. The van der Waals surface area contributed by atoms with Crippen molar-refractivity contribution in [1.82, 2.24) is 0 Å². The van der Waals surface area contributed by atoms with Crippen molar-refractivity contribution >= 4 is 22.1 Å². The molecule has 336 valence electrons. The smallest absolute Gasteiger partial charge is 0.306 e. The summed E-state index contributed by atoms with van der Waals surface area (Å²) in [4.78, 5) is 25.4. The predicted octanol–water partition coefficient (Wildman–Crippen LogP) is 8.78. The molecule has 58 heavy (non-hydrogen) atoms. The number of rotatable bonds is 36. The Balaban J connectivity index is 2.49. The normalized spacial score (nSPS) is 20.8. The van der Waals surface area contributed by atoms with Gasteiger partial charge in [0.05, 0.1) is 6.61 Å². The van der Waals surface area contributed by atoms with Crippen LogP contribution in [0.4, 0.5) is 0 Å². The number of carbonyl (C=O) groups excluding carboxylic acids is 2. The molecular formula is C45H78O12S. The van der Waals surface area contributed by atoms with Crippen LogP contribution in [0.1, 0.15) is 168 Å². The highest BCUT2D eigenvalue weighted by atomic mass is 32.2. The third-order valence-corrected chi connectivity index (χ3v) is 10.7. The SMILES string of the molecule is CC/C=C\C/C=C\C/C=C\C/C=C\CCCCC(=O)OC(COC(=O)CCCCCCCCCCCCCCCCC)COC1OC(CS(=O)(=O)O)C(O)C(O)C1O. The van der Waals surface area contributed by atoms with Crippen molar-refractivity contribution in [3.8, 4) is 0 Å². The molecule has 1 aliphatic rings. The largest absolute Gasteiger partial charge is 0.462 e. The highest BCUT2D eigenvalue weighted by Gasteiger charge is 2.46. The van der Waals surface area contributed by atoms with Gasteiger partial charge in [0.1, 0.15) is 36.8 Å².